The predicted octanol–water partition coefficient (Wildman–Crippen LogP) is 0.809. The Balaban J connectivity index is 4.14. The van der Waals surface area contributed by atoms with Gasteiger partial charge in [0.05, 0.1) is 4.91 Å². The van der Waals surface area contributed by atoms with Crippen LogP contribution in [0.1, 0.15) is 12.8 Å². The van der Waals surface area contributed by atoms with Crippen LogP contribution in [0.2, 0.25) is 0 Å². The molecule has 0 bridgehead atoms. The zero-order valence-electron chi connectivity index (χ0n) is 6.86. The van der Waals surface area contributed by atoms with Crippen molar-refractivity contribution in [1.29, 1.82) is 0 Å². The van der Waals surface area contributed by atoms with Gasteiger partial charge in [0.1, 0.15) is 0 Å². The third-order valence-electron chi connectivity index (χ3n) is 1.37. The summed E-state index contributed by atoms with van der Waals surface area (Å²) in [5, 5.41) is 8.36. The van der Waals surface area contributed by atoms with Crippen LogP contribution in [0.4, 0.5) is 0 Å². The molecule has 0 unspecified atom stereocenters. The second-order valence-electron chi connectivity index (χ2n) is 2.42. The lowest BCUT2D eigenvalue weighted by Crippen LogP contribution is -2.04. The first kappa shape index (κ1) is 11.9. The molecule has 0 spiro atoms. The topological polar surface area (TPSA) is 91.7 Å². The molecule has 13 heavy (non-hydrogen) atoms. The fraction of sp³-hybridized carbons (Fsp3) is 0.286. The molecule has 74 valence electrons. The summed E-state index contributed by atoms with van der Waals surface area (Å²) >= 11 is 0. The van der Waals surface area contributed by atoms with Crippen molar-refractivity contribution in [3.63, 3.8) is 0 Å². The van der Waals surface area contributed by atoms with E-state index in [9.17, 15) is 13.2 Å². The van der Waals surface area contributed by atoms with E-state index in [4.69, 9.17) is 9.66 Å². The minimum Gasteiger partial charge on any atom is -0.478 e. The van der Waals surface area contributed by atoms with Gasteiger partial charge in [-0.2, -0.15) is 8.42 Å². The highest BCUT2D eigenvalue weighted by Crippen LogP contribution is 2.13. The number of hydrogen-bond donors (Lipinski definition) is 2. The first-order valence-corrected chi connectivity index (χ1v) is 4.75. The van der Waals surface area contributed by atoms with Crippen molar-refractivity contribution in [2.24, 2.45) is 0 Å². The molecule has 0 heterocycles. The van der Waals surface area contributed by atoms with Crippen molar-refractivity contribution in [3.8, 4) is 0 Å². The van der Waals surface area contributed by atoms with Crippen molar-refractivity contribution in [2.75, 3.05) is 0 Å². The smallest absolute Gasteiger partial charge is 0.330 e. The number of rotatable bonds is 5. The second kappa shape index (κ2) is 4.20. The summed E-state index contributed by atoms with van der Waals surface area (Å²) in [6.45, 7) is 6.28. The van der Waals surface area contributed by atoms with Gasteiger partial charge in [0.15, 0.2) is 0 Å². The average molecular weight is 206 g/mol. The van der Waals surface area contributed by atoms with E-state index in [1.54, 1.807) is 0 Å². The van der Waals surface area contributed by atoms with Gasteiger partial charge in [0.25, 0.3) is 10.1 Å². The molecular weight excluding hydrogens is 196 g/mol. The Morgan fingerprint density at radius 2 is 1.69 bits per heavy atom. The van der Waals surface area contributed by atoms with Crippen LogP contribution in [0.15, 0.2) is 23.6 Å². The van der Waals surface area contributed by atoms with E-state index in [2.05, 4.69) is 13.2 Å². The third kappa shape index (κ3) is 4.44. The number of hydrogen-bond acceptors (Lipinski definition) is 3. The van der Waals surface area contributed by atoms with Gasteiger partial charge in [-0.15, -0.1) is 0 Å². The van der Waals surface area contributed by atoms with Crippen molar-refractivity contribution in [2.45, 2.75) is 12.8 Å². The van der Waals surface area contributed by atoms with Crippen molar-refractivity contribution in [1.82, 2.24) is 0 Å². The Kier molecular flexibility index (Phi) is 3.83. The van der Waals surface area contributed by atoms with Crippen molar-refractivity contribution in [3.05, 3.63) is 23.6 Å². The standard InChI is InChI=1S/C7H10O5S/c1-5(7(8)9)3-4-6(2)13(10,11)12/h1-4H2,(H,8,9)(H,10,11,12). The number of carbonyl (C=O) groups is 1. The minimum atomic E-state index is -4.25. The largest absolute Gasteiger partial charge is 0.478 e. The summed E-state index contributed by atoms with van der Waals surface area (Å²) in [5.41, 5.74) is -0.121. The predicted molar refractivity (Wildman–Crippen MR) is 46.7 cm³/mol. The molecule has 0 atom stereocenters. The highest BCUT2D eigenvalue weighted by Gasteiger charge is 2.12. The zero-order valence-corrected chi connectivity index (χ0v) is 7.67. The highest BCUT2D eigenvalue weighted by molar-refractivity contribution is 7.89. The first-order chi connectivity index (χ1) is 5.75. The second-order valence-corrected chi connectivity index (χ2v) is 3.95. The molecule has 0 rings (SSSR count). The van der Waals surface area contributed by atoms with E-state index in [0.29, 0.717) is 0 Å². The quantitative estimate of drug-likeness (QED) is 0.513. The monoisotopic (exact) mass is 206 g/mol. The lowest BCUT2D eigenvalue weighted by molar-refractivity contribution is -0.132. The normalized spacial score (nSPS) is 10.8. The van der Waals surface area contributed by atoms with Crippen LogP contribution in [0.25, 0.3) is 0 Å². The zero-order chi connectivity index (χ0) is 10.6. The molecule has 0 aliphatic carbocycles. The van der Waals surface area contributed by atoms with Crippen LogP contribution in [0.5, 0.6) is 0 Å². The van der Waals surface area contributed by atoms with Gasteiger partial charge in [0.2, 0.25) is 0 Å². The maximum Gasteiger partial charge on any atom is 0.330 e. The highest BCUT2D eigenvalue weighted by atomic mass is 32.2. The first-order valence-electron chi connectivity index (χ1n) is 3.31. The molecule has 5 nitrogen and oxygen atoms in total. The Labute approximate surface area is 76.1 Å². The molecular formula is C7H10O5S. The van der Waals surface area contributed by atoms with Gasteiger partial charge < -0.3 is 5.11 Å². The number of allylic oxidation sites excluding steroid dienone is 1. The molecule has 0 saturated carbocycles. The molecule has 2 N–H and O–H groups in total. The Morgan fingerprint density at radius 3 is 2.00 bits per heavy atom. The maximum atomic E-state index is 10.4. The average Bonchev–Trinajstić information content (AvgIpc) is 1.97. The SMILES string of the molecule is C=C(CCC(=C)S(=O)(=O)O)C(=O)O. The van der Waals surface area contributed by atoms with E-state index in [0.717, 1.165) is 0 Å². The summed E-state index contributed by atoms with van der Waals surface area (Å²) in [5.74, 6) is -1.19. The minimum absolute atomic E-state index is 0.0477. The Bertz CT molecular complexity index is 338. The fourth-order valence-corrected chi connectivity index (χ4v) is 0.886. The summed E-state index contributed by atoms with van der Waals surface area (Å²) in [6, 6.07) is 0. The lowest BCUT2D eigenvalue weighted by atomic mass is 10.2. The van der Waals surface area contributed by atoms with E-state index >= 15 is 0 Å². The van der Waals surface area contributed by atoms with Gasteiger partial charge in [0, 0.05) is 5.57 Å². The summed E-state index contributed by atoms with van der Waals surface area (Å²) in [4.78, 5) is 9.81. The molecule has 0 aromatic heterocycles. The van der Waals surface area contributed by atoms with Crippen LogP contribution in [-0.2, 0) is 14.9 Å². The van der Waals surface area contributed by atoms with E-state index in [1.165, 1.54) is 0 Å². The lowest BCUT2D eigenvalue weighted by Gasteiger charge is -2.01. The summed E-state index contributed by atoms with van der Waals surface area (Å²) in [6.07, 6.45) is -0.183. The number of carboxylic acid groups (broad SMARTS) is 1. The van der Waals surface area contributed by atoms with Gasteiger partial charge in [-0.05, 0) is 12.8 Å². The molecule has 0 radical (unpaired) electrons. The number of carboxylic acids is 1. The Morgan fingerprint density at radius 1 is 1.23 bits per heavy atom. The van der Waals surface area contributed by atoms with Crippen molar-refractivity contribution >= 4 is 16.1 Å². The molecule has 0 amide bonds. The van der Waals surface area contributed by atoms with Gasteiger partial charge in [-0.1, -0.05) is 13.2 Å². The van der Waals surface area contributed by atoms with E-state index < -0.39 is 21.0 Å². The Hall–Kier alpha value is -1.14. The molecule has 0 aromatic carbocycles. The molecule has 6 heteroatoms. The van der Waals surface area contributed by atoms with E-state index in [-0.39, 0.29) is 18.4 Å². The summed E-state index contributed by atoms with van der Waals surface area (Å²) in [7, 11) is -4.25. The number of aliphatic carboxylic acids is 1. The third-order valence-corrected chi connectivity index (χ3v) is 2.31. The summed E-state index contributed by atoms with van der Waals surface area (Å²) < 4.78 is 29.2. The van der Waals surface area contributed by atoms with E-state index in [1.807, 2.05) is 0 Å². The van der Waals surface area contributed by atoms with Gasteiger partial charge in [-0.3, -0.25) is 4.55 Å². The molecule has 0 aliphatic heterocycles. The van der Waals surface area contributed by atoms with Crippen LogP contribution in [-0.4, -0.2) is 24.0 Å². The van der Waals surface area contributed by atoms with Crippen LogP contribution in [0.3, 0.4) is 0 Å². The fourth-order valence-electron chi connectivity index (χ4n) is 0.526. The van der Waals surface area contributed by atoms with Gasteiger partial charge in [-0.25, -0.2) is 4.79 Å². The van der Waals surface area contributed by atoms with Crippen LogP contribution < -0.4 is 0 Å². The maximum absolute atomic E-state index is 10.4. The van der Waals surface area contributed by atoms with Crippen LogP contribution in [0, 0.1) is 0 Å². The molecule has 0 aromatic rings. The van der Waals surface area contributed by atoms with Crippen LogP contribution >= 0.6 is 0 Å². The molecule has 0 aliphatic rings. The van der Waals surface area contributed by atoms with Gasteiger partial charge >= 0.3 is 5.97 Å². The molecule has 0 saturated heterocycles. The molecule has 0 fully saturated rings. The van der Waals surface area contributed by atoms with Crippen molar-refractivity contribution < 1.29 is 22.9 Å².